The Morgan fingerprint density at radius 3 is 2.31 bits per heavy atom. The van der Waals surface area contributed by atoms with Crippen LogP contribution < -0.4 is 0 Å². The molecule has 0 spiro atoms. The zero-order valence-corrected chi connectivity index (χ0v) is 18.2. The standard InChI is InChI=1S/C21H25FN2O3S2/c1-16-3-8-20(17(2)15-16)29(26,27)24-12-10-23(11-13-24)21(25)9-14-28-19-6-4-18(22)5-7-19/h3-8,15H,9-14H2,1-2H3. The Bertz CT molecular complexity index is 970. The average molecular weight is 437 g/mol. The molecule has 0 atom stereocenters. The number of carbonyl (C=O) groups excluding carboxylic acids is 1. The normalized spacial score (nSPS) is 15.5. The van der Waals surface area contributed by atoms with Crippen LogP contribution in [-0.2, 0) is 14.8 Å². The summed E-state index contributed by atoms with van der Waals surface area (Å²) in [4.78, 5) is 15.4. The minimum absolute atomic E-state index is 0.0168. The Hall–Kier alpha value is -1.90. The minimum atomic E-state index is -3.55. The van der Waals surface area contributed by atoms with E-state index in [0.29, 0.717) is 43.2 Å². The molecule has 0 radical (unpaired) electrons. The van der Waals surface area contributed by atoms with E-state index < -0.39 is 10.0 Å². The lowest BCUT2D eigenvalue weighted by molar-refractivity contribution is -0.131. The van der Waals surface area contributed by atoms with Crippen molar-refractivity contribution in [1.29, 1.82) is 0 Å². The lowest BCUT2D eigenvalue weighted by Gasteiger charge is -2.34. The predicted molar refractivity (Wildman–Crippen MR) is 113 cm³/mol. The molecule has 1 saturated heterocycles. The van der Waals surface area contributed by atoms with Gasteiger partial charge >= 0.3 is 0 Å². The molecule has 1 fully saturated rings. The summed E-state index contributed by atoms with van der Waals surface area (Å²) in [7, 11) is -3.55. The van der Waals surface area contributed by atoms with Gasteiger partial charge < -0.3 is 4.90 Å². The third-order valence-electron chi connectivity index (χ3n) is 4.94. The Morgan fingerprint density at radius 2 is 1.69 bits per heavy atom. The van der Waals surface area contributed by atoms with Crippen LogP contribution in [0.3, 0.4) is 0 Å². The number of carbonyl (C=O) groups is 1. The number of sulfonamides is 1. The maximum Gasteiger partial charge on any atom is 0.243 e. The van der Waals surface area contributed by atoms with Crippen LogP contribution in [0.15, 0.2) is 52.3 Å². The summed E-state index contributed by atoms with van der Waals surface area (Å²) in [6, 6.07) is 11.5. The van der Waals surface area contributed by atoms with Gasteiger partial charge in [-0.1, -0.05) is 17.7 Å². The number of benzene rings is 2. The van der Waals surface area contributed by atoms with Crippen LogP contribution in [0.5, 0.6) is 0 Å². The highest BCUT2D eigenvalue weighted by Gasteiger charge is 2.30. The summed E-state index contributed by atoms with van der Waals surface area (Å²) in [5.74, 6) is 0.341. The topological polar surface area (TPSA) is 57.7 Å². The van der Waals surface area contributed by atoms with Crippen LogP contribution in [0.25, 0.3) is 0 Å². The molecule has 0 aliphatic carbocycles. The van der Waals surface area contributed by atoms with Crippen LogP contribution in [0, 0.1) is 19.7 Å². The molecule has 5 nitrogen and oxygen atoms in total. The van der Waals surface area contributed by atoms with Gasteiger partial charge in [0.25, 0.3) is 0 Å². The smallest absolute Gasteiger partial charge is 0.243 e. The number of piperazine rings is 1. The molecule has 2 aromatic rings. The van der Waals surface area contributed by atoms with Crippen molar-refractivity contribution < 1.29 is 17.6 Å². The Labute approximate surface area is 175 Å². The molecule has 0 aromatic heterocycles. The molecule has 0 unspecified atom stereocenters. The second kappa shape index (κ2) is 9.28. The highest BCUT2D eigenvalue weighted by atomic mass is 32.2. The van der Waals surface area contributed by atoms with Gasteiger partial charge in [-0.05, 0) is 49.7 Å². The van der Waals surface area contributed by atoms with Gasteiger partial charge in [0.15, 0.2) is 0 Å². The van der Waals surface area contributed by atoms with Crippen molar-refractivity contribution in [2.24, 2.45) is 0 Å². The predicted octanol–water partition coefficient (Wildman–Crippen LogP) is 3.46. The third-order valence-corrected chi connectivity index (χ3v) is 8.01. The van der Waals surface area contributed by atoms with Crippen molar-refractivity contribution in [2.75, 3.05) is 31.9 Å². The number of halogens is 1. The molecule has 8 heteroatoms. The molecule has 3 rings (SSSR count). The highest BCUT2D eigenvalue weighted by Crippen LogP contribution is 2.23. The van der Waals surface area contributed by atoms with Crippen LogP contribution in [0.2, 0.25) is 0 Å². The first kappa shape index (κ1) is 21.8. The van der Waals surface area contributed by atoms with Crippen molar-refractivity contribution in [3.8, 4) is 0 Å². The molecule has 2 aromatic carbocycles. The molecule has 29 heavy (non-hydrogen) atoms. The van der Waals surface area contributed by atoms with Crippen molar-refractivity contribution in [3.63, 3.8) is 0 Å². The maximum atomic E-state index is 12.9. The Morgan fingerprint density at radius 1 is 1.03 bits per heavy atom. The molecular weight excluding hydrogens is 411 g/mol. The van der Waals surface area contributed by atoms with Gasteiger partial charge in [-0.3, -0.25) is 4.79 Å². The van der Waals surface area contributed by atoms with Crippen molar-refractivity contribution in [3.05, 3.63) is 59.4 Å². The van der Waals surface area contributed by atoms with E-state index in [-0.39, 0.29) is 11.7 Å². The van der Waals surface area contributed by atoms with Gasteiger partial charge in [0.05, 0.1) is 4.90 Å². The van der Waals surface area contributed by atoms with E-state index in [0.717, 1.165) is 16.0 Å². The van der Waals surface area contributed by atoms with Crippen LogP contribution in [0.1, 0.15) is 17.5 Å². The monoisotopic (exact) mass is 436 g/mol. The number of thioether (sulfide) groups is 1. The van der Waals surface area contributed by atoms with Crippen molar-refractivity contribution >= 4 is 27.7 Å². The summed E-state index contributed by atoms with van der Waals surface area (Å²) in [5.41, 5.74) is 1.76. The summed E-state index contributed by atoms with van der Waals surface area (Å²) in [6.45, 7) is 5.12. The van der Waals surface area contributed by atoms with Gasteiger partial charge in [-0.15, -0.1) is 11.8 Å². The van der Waals surface area contributed by atoms with E-state index >= 15 is 0 Å². The van der Waals surface area contributed by atoms with Gasteiger partial charge in [-0.25, -0.2) is 12.8 Å². The maximum absolute atomic E-state index is 12.9. The van der Waals surface area contributed by atoms with Crippen molar-refractivity contribution in [1.82, 2.24) is 9.21 Å². The highest BCUT2D eigenvalue weighted by molar-refractivity contribution is 7.99. The van der Waals surface area contributed by atoms with E-state index in [4.69, 9.17) is 0 Å². The molecule has 0 bridgehead atoms. The third kappa shape index (κ3) is 5.38. The fourth-order valence-electron chi connectivity index (χ4n) is 3.35. The summed E-state index contributed by atoms with van der Waals surface area (Å²) >= 11 is 1.51. The van der Waals surface area contributed by atoms with E-state index in [1.807, 2.05) is 13.0 Å². The van der Waals surface area contributed by atoms with Crippen LogP contribution in [-0.4, -0.2) is 55.5 Å². The second-order valence-corrected chi connectivity index (χ2v) is 10.2. The first-order chi connectivity index (χ1) is 13.8. The fraction of sp³-hybridized carbons (Fsp3) is 0.381. The van der Waals surface area contributed by atoms with Gasteiger partial charge in [0.2, 0.25) is 15.9 Å². The molecule has 1 amide bonds. The van der Waals surface area contributed by atoms with Gasteiger partial charge in [0, 0.05) is 43.2 Å². The number of rotatable bonds is 6. The molecule has 156 valence electrons. The van der Waals surface area contributed by atoms with E-state index in [1.54, 1.807) is 36.1 Å². The number of amides is 1. The van der Waals surface area contributed by atoms with E-state index in [1.165, 1.54) is 28.2 Å². The summed E-state index contributed by atoms with van der Waals surface area (Å²) in [6.07, 6.45) is 0.367. The zero-order chi connectivity index (χ0) is 21.0. The van der Waals surface area contributed by atoms with Gasteiger partial charge in [-0.2, -0.15) is 4.31 Å². The Balaban J connectivity index is 1.51. The average Bonchev–Trinajstić information content (AvgIpc) is 2.69. The van der Waals surface area contributed by atoms with E-state index in [2.05, 4.69) is 0 Å². The first-order valence-electron chi connectivity index (χ1n) is 9.51. The lowest BCUT2D eigenvalue weighted by atomic mass is 10.2. The molecule has 1 aliphatic heterocycles. The summed E-state index contributed by atoms with van der Waals surface area (Å²) < 4.78 is 40.3. The fourth-order valence-corrected chi connectivity index (χ4v) is 5.82. The number of hydrogen-bond donors (Lipinski definition) is 0. The molecule has 0 saturated carbocycles. The first-order valence-corrected chi connectivity index (χ1v) is 11.9. The van der Waals surface area contributed by atoms with Crippen LogP contribution >= 0.6 is 11.8 Å². The molecule has 0 N–H and O–H groups in total. The second-order valence-electron chi connectivity index (χ2n) is 7.11. The quantitative estimate of drug-likeness (QED) is 0.651. The van der Waals surface area contributed by atoms with Gasteiger partial charge in [0.1, 0.15) is 5.82 Å². The number of nitrogens with zero attached hydrogens (tertiary/aromatic N) is 2. The lowest BCUT2D eigenvalue weighted by Crippen LogP contribution is -2.50. The largest absolute Gasteiger partial charge is 0.340 e. The zero-order valence-electron chi connectivity index (χ0n) is 16.6. The molecular formula is C21H25FN2O3S2. The SMILES string of the molecule is Cc1ccc(S(=O)(=O)N2CCN(C(=O)CCSc3ccc(F)cc3)CC2)c(C)c1. The number of hydrogen-bond acceptors (Lipinski definition) is 4. The summed E-state index contributed by atoms with van der Waals surface area (Å²) in [5, 5.41) is 0. The Kier molecular flexibility index (Phi) is 6.97. The van der Waals surface area contributed by atoms with E-state index in [9.17, 15) is 17.6 Å². The van der Waals surface area contributed by atoms with Crippen LogP contribution in [0.4, 0.5) is 4.39 Å². The molecule has 1 aliphatic rings. The number of aryl methyl sites for hydroxylation is 2. The minimum Gasteiger partial charge on any atom is -0.340 e. The van der Waals surface area contributed by atoms with Crippen molar-refractivity contribution in [2.45, 2.75) is 30.1 Å². The molecule has 1 heterocycles.